The molecule has 0 aromatic heterocycles. The maximum absolute atomic E-state index is 11.4. The Kier molecular flexibility index (Phi) is 3.71. The standard InChI is InChI=1S/C9H8BrIO/c1-6(10)9(12)7-2-4-8(11)5-3-7/h2-6H,1H3/t6-/m0/s1. The number of rotatable bonds is 2. The summed E-state index contributed by atoms with van der Waals surface area (Å²) in [6.07, 6.45) is 0. The van der Waals surface area contributed by atoms with Gasteiger partial charge in [0, 0.05) is 9.13 Å². The highest BCUT2D eigenvalue weighted by Gasteiger charge is 2.10. The molecular weight excluding hydrogens is 331 g/mol. The van der Waals surface area contributed by atoms with Crippen LogP contribution in [0.1, 0.15) is 17.3 Å². The number of ketones is 1. The third-order valence-electron chi connectivity index (χ3n) is 1.49. The zero-order valence-corrected chi connectivity index (χ0v) is 10.3. The lowest BCUT2D eigenvalue weighted by Crippen LogP contribution is -2.09. The lowest BCUT2D eigenvalue weighted by molar-refractivity contribution is 0.0996. The van der Waals surface area contributed by atoms with Crippen molar-refractivity contribution in [1.82, 2.24) is 0 Å². The first kappa shape index (κ1) is 10.2. The van der Waals surface area contributed by atoms with Crippen LogP contribution in [-0.4, -0.2) is 10.6 Å². The number of halogens is 2. The van der Waals surface area contributed by atoms with E-state index in [9.17, 15) is 4.79 Å². The largest absolute Gasteiger partial charge is 0.293 e. The van der Waals surface area contributed by atoms with Crippen molar-refractivity contribution in [3.05, 3.63) is 33.4 Å². The molecule has 0 saturated carbocycles. The van der Waals surface area contributed by atoms with E-state index in [-0.39, 0.29) is 10.6 Å². The molecule has 0 aliphatic heterocycles. The Morgan fingerprint density at radius 2 is 1.92 bits per heavy atom. The fourth-order valence-electron chi connectivity index (χ4n) is 0.844. The molecule has 0 radical (unpaired) electrons. The Hall–Kier alpha value is 0.1000. The van der Waals surface area contributed by atoms with Crippen molar-refractivity contribution in [2.24, 2.45) is 0 Å². The molecule has 1 aromatic rings. The van der Waals surface area contributed by atoms with Gasteiger partial charge in [-0.2, -0.15) is 0 Å². The molecule has 0 heterocycles. The number of Topliss-reactive ketones (excluding diaryl/α,β-unsaturated/α-hetero) is 1. The predicted molar refractivity (Wildman–Crippen MR) is 61.9 cm³/mol. The van der Waals surface area contributed by atoms with Crippen molar-refractivity contribution in [2.45, 2.75) is 11.8 Å². The smallest absolute Gasteiger partial charge is 0.176 e. The van der Waals surface area contributed by atoms with Gasteiger partial charge in [-0.15, -0.1) is 0 Å². The minimum Gasteiger partial charge on any atom is -0.293 e. The van der Waals surface area contributed by atoms with Crippen molar-refractivity contribution in [2.75, 3.05) is 0 Å². The Balaban J connectivity index is 2.90. The topological polar surface area (TPSA) is 17.1 Å². The van der Waals surface area contributed by atoms with E-state index in [1.165, 1.54) is 0 Å². The molecule has 1 nitrogen and oxygen atoms in total. The number of benzene rings is 1. The molecule has 1 atom stereocenters. The molecule has 0 N–H and O–H groups in total. The van der Waals surface area contributed by atoms with Crippen LogP contribution in [0.15, 0.2) is 24.3 Å². The maximum atomic E-state index is 11.4. The third kappa shape index (κ3) is 2.55. The fraction of sp³-hybridized carbons (Fsp3) is 0.222. The van der Waals surface area contributed by atoms with Crippen LogP contribution in [0.5, 0.6) is 0 Å². The van der Waals surface area contributed by atoms with Gasteiger partial charge in [-0.1, -0.05) is 28.1 Å². The summed E-state index contributed by atoms with van der Waals surface area (Å²) in [6.45, 7) is 1.83. The summed E-state index contributed by atoms with van der Waals surface area (Å²) >= 11 is 5.46. The monoisotopic (exact) mass is 338 g/mol. The second-order valence-corrected chi connectivity index (χ2v) is 5.11. The van der Waals surface area contributed by atoms with Gasteiger partial charge in [0.05, 0.1) is 4.83 Å². The second-order valence-electron chi connectivity index (χ2n) is 2.49. The van der Waals surface area contributed by atoms with Gasteiger partial charge in [0.1, 0.15) is 0 Å². The number of hydrogen-bond acceptors (Lipinski definition) is 1. The van der Waals surface area contributed by atoms with E-state index in [0.717, 1.165) is 9.13 Å². The first-order valence-electron chi connectivity index (χ1n) is 3.55. The Labute approximate surface area is 93.8 Å². The number of carbonyl (C=O) groups is 1. The van der Waals surface area contributed by atoms with E-state index >= 15 is 0 Å². The molecule has 64 valence electrons. The van der Waals surface area contributed by atoms with Gasteiger partial charge >= 0.3 is 0 Å². The molecule has 1 aromatic carbocycles. The van der Waals surface area contributed by atoms with E-state index < -0.39 is 0 Å². The van der Waals surface area contributed by atoms with Crippen LogP contribution in [0, 0.1) is 3.57 Å². The van der Waals surface area contributed by atoms with Gasteiger partial charge in [-0.3, -0.25) is 4.79 Å². The van der Waals surface area contributed by atoms with Crippen LogP contribution in [0.3, 0.4) is 0 Å². The van der Waals surface area contributed by atoms with Crippen molar-refractivity contribution in [3.8, 4) is 0 Å². The Bertz CT molecular complexity index is 279. The number of alkyl halides is 1. The molecule has 0 spiro atoms. The van der Waals surface area contributed by atoms with Crippen LogP contribution in [0.4, 0.5) is 0 Å². The molecule has 1 rings (SSSR count). The maximum Gasteiger partial charge on any atom is 0.176 e. The zero-order valence-electron chi connectivity index (χ0n) is 6.55. The van der Waals surface area contributed by atoms with Gasteiger partial charge in [-0.05, 0) is 41.6 Å². The molecule has 0 aliphatic rings. The molecule has 0 bridgehead atoms. The van der Waals surface area contributed by atoms with E-state index in [0.29, 0.717) is 0 Å². The Morgan fingerprint density at radius 1 is 1.42 bits per heavy atom. The number of hydrogen-bond donors (Lipinski definition) is 0. The van der Waals surface area contributed by atoms with Crippen LogP contribution in [0.25, 0.3) is 0 Å². The van der Waals surface area contributed by atoms with Crippen molar-refractivity contribution in [3.63, 3.8) is 0 Å². The third-order valence-corrected chi connectivity index (χ3v) is 2.63. The second kappa shape index (κ2) is 4.37. The fourth-order valence-corrected chi connectivity index (χ4v) is 1.47. The van der Waals surface area contributed by atoms with E-state index in [1.807, 2.05) is 31.2 Å². The molecule has 0 saturated heterocycles. The summed E-state index contributed by atoms with van der Waals surface area (Å²) in [7, 11) is 0. The van der Waals surface area contributed by atoms with E-state index in [4.69, 9.17) is 0 Å². The predicted octanol–water partition coefficient (Wildman–Crippen LogP) is 3.26. The van der Waals surface area contributed by atoms with E-state index in [2.05, 4.69) is 38.5 Å². The van der Waals surface area contributed by atoms with Crippen LogP contribution < -0.4 is 0 Å². The summed E-state index contributed by atoms with van der Waals surface area (Å²) in [5, 5.41) is 0. The van der Waals surface area contributed by atoms with E-state index in [1.54, 1.807) is 0 Å². The zero-order chi connectivity index (χ0) is 9.14. The average molecular weight is 339 g/mol. The first-order valence-corrected chi connectivity index (χ1v) is 5.54. The normalized spacial score (nSPS) is 12.6. The molecule has 0 aliphatic carbocycles. The lowest BCUT2D eigenvalue weighted by atomic mass is 10.1. The van der Waals surface area contributed by atoms with Gasteiger partial charge in [0.15, 0.2) is 5.78 Å². The highest BCUT2D eigenvalue weighted by molar-refractivity contribution is 14.1. The van der Waals surface area contributed by atoms with Crippen LogP contribution in [-0.2, 0) is 0 Å². The van der Waals surface area contributed by atoms with Crippen molar-refractivity contribution in [1.29, 1.82) is 0 Å². The first-order chi connectivity index (χ1) is 5.61. The van der Waals surface area contributed by atoms with Gasteiger partial charge < -0.3 is 0 Å². The SMILES string of the molecule is C[C@H](Br)C(=O)c1ccc(I)cc1. The quantitative estimate of drug-likeness (QED) is 0.459. The summed E-state index contributed by atoms with van der Waals surface area (Å²) in [4.78, 5) is 11.3. The minimum atomic E-state index is -0.0995. The summed E-state index contributed by atoms with van der Waals surface area (Å²) in [6, 6.07) is 7.57. The van der Waals surface area contributed by atoms with Crippen molar-refractivity contribution < 1.29 is 4.79 Å². The Morgan fingerprint density at radius 3 is 2.33 bits per heavy atom. The summed E-state index contributed by atoms with van der Waals surface area (Å²) < 4.78 is 1.14. The van der Waals surface area contributed by atoms with Gasteiger partial charge in [-0.25, -0.2) is 0 Å². The molecule has 0 fully saturated rings. The highest BCUT2D eigenvalue weighted by atomic mass is 127. The summed E-state index contributed by atoms with van der Waals surface area (Å²) in [5.41, 5.74) is 0.764. The van der Waals surface area contributed by atoms with Crippen molar-refractivity contribution >= 4 is 44.3 Å². The molecule has 3 heteroatoms. The average Bonchev–Trinajstić information content (AvgIpc) is 2.04. The van der Waals surface area contributed by atoms with Gasteiger partial charge in [0.2, 0.25) is 0 Å². The van der Waals surface area contributed by atoms with Crippen LogP contribution in [0.2, 0.25) is 0 Å². The molecule has 12 heavy (non-hydrogen) atoms. The molecule has 0 amide bonds. The minimum absolute atomic E-state index is 0.0995. The van der Waals surface area contributed by atoms with Crippen LogP contribution >= 0.6 is 38.5 Å². The summed E-state index contributed by atoms with van der Waals surface area (Å²) in [5.74, 6) is 0.131. The molecule has 0 unspecified atom stereocenters. The number of carbonyl (C=O) groups excluding carboxylic acids is 1. The highest BCUT2D eigenvalue weighted by Crippen LogP contribution is 2.11. The molecular formula is C9H8BrIO. The van der Waals surface area contributed by atoms with Gasteiger partial charge in [0.25, 0.3) is 0 Å². The lowest BCUT2D eigenvalue weighted by Gasteiger charge is -2.01.